The number of benzene rings is 2. The van der Waals surface area contributed by atoms with Crippen molar-refractivity contribution in [3.8, 4) is 17.6 Å². The zero-order valence-corrected chi connectivity index (χ0v) is 16.0. The van der Waals surface area contributed by atoms with Crippen LogP contribution in [-0.4, -0.2) is 13.2 Å². The molecule has 0 saturated carbocycles. The van der Waals surface area contributed by atoms with E-state index in [-0.39, 0.29) is 6.61 Å². The third-order valence-electron chi connectivity index (χ3n) is 4.08. The lowest BCUT2D eigenvalue weighted by Gasteiger charge is -2.14. The summed E-state index contributed by atoms with van der Waals surface area (Å²) in [5, 5.41) is 2.86. The minimum Gasteiger partial charge on any atom is -0.497 e. The predicted octanol–water partition coefficient (Wildman–Crippen LogP) is 5.25. The van der Waals surface area contributed by atoms with Gasteiger partial charge in [0.1, 0.15) is 18.4 Å². The number of nitrogens with one attached hydrogen (secondary N) is 1. The lowest BCUT2D eigenvalue weighted by atomic mass is 10.1. The van der Waals surface area contributed by atoms with Gasteiger partial charge in [0.05, 0.1) is 7.11 Å². The van der Waals surface area contributed by atoms with E-state index < -0.39 is 12.1 Å². The fraction of sp³-hybridized carbons (Fsp3) is 0.348. The Balaban J connectivity index is 2.00. The molecule has 4 nitrogen and oxygen atoms in total. The first-order valence-corrected chi connectivity index (χ1v) is 9.32. The Morgan fingerprint density at radius 3 is 2.48 bits per heavy atom. The molecule has 0 radical (unpaired) electrons. The Morgan fingerprint density at radius 1 is 1.07 bits per heavy atom. The van der Waals surface area contributed by atoms with E-state index in [4.69, 9.17) is 9.47 Å². The molecule has 4 heteroatoms. The van der Waals surface area contributed by atoms with E-state index in [1.54, 1.807) is 7.11 Å². The molecule has 2 rings (SSSR count). The van der Waals surface area contributed by atoms with Gasteiger partial charge in [0.2, 0.25) is 0 Å². The van der Waals surface area contributed by atoms with Crippen molar-refractivity contribution in [2.75, 3.05) is 7.11 Å². The van der Waals surface area contributed by atoms with Gasteiger partial charge < -0.3 is 14.8 Å². The molecule has 142 valence electrons. The average Bonchev–Trinajstić information content (AvgIpc) is 2.72. The van der Waals surface area contributed by atoms with Crippen LogP contribution in [0.5, 0.6) is 5.75 Å². The maximum absolute atomic E-state index is 12.2. The summed E-state index contributed by atoms with van der Waals surface area (Å²) in [5.74, 6) is 7.10. The molecule has 1 unspecified atom stereocenters. The zero-order valence-electron chi connectivity index (χ0n) is 16.0. The molecule has 2 aromatic rings. The van der Waals surface area contributed by atoms with Gasteiger partial charge in [0.25, 0.3) is 0 Å². The summed E-state index contributed by atoms with van der Waals surface area (Å²) in [6, 6.07) is 16.7. The molecular weight excluding hydrogens is 338 g/mol. The van der Waals surface area contributed by atoms with E-state index >= 15 is 0 Å². The summed E-state index contributed by atoms with van der Waals surface area (Å²) in [5.41, 5.74) is 1.84. The summed E-state index contributed by atoms with van der Waals surface area (Å²) in [7, 11) is 1.62. The highest BCUT2D eigenvalue weighted by Gasteiger charge is 2.13. The number of hydrogen-bond donors (Lipinski definition) is 1. The van der Waals surface area contributed by atoms with Crippen LogP contribution in [0, 0.1) is 11.8 Å². The molecule has 0 spiro atoms. The number of methoxy groups -OCH3 is 1. The lowest BCUT2D eigenvalue weighted by molar-refractivity contribution is 0.138. The third-order valence-corrected chi connectivity index (χ3v) is 4.08. The molecule has 0 heterocycles. The Morgan fingerprint density at radius 2 is 1.81 bits per heavy atom. The SMILES string of the molecule is CCCCCC#CC(NC(=O)OCc1ccccc1)c1ccc(OC)cc1. The highest BCUT2D eigenvalue weighted by molar-refractivity contribution is 5.68. The number of unbranched alkanes of at least 4 members (excludes halogenated alkanes) is 3. The first kappa shape index (κ1) is 20.4. The van der Waals surface area contributed by atoms with Crippen molar-refractivity contribution in [3.63, 3.8) is 0 Å². The second kappa shape index (κ2) is 11.6. The number of carbonyl (C=O) groups is 1. The monoisotopic (exact) mass is 365 g/mol. The molecule has 1 atom stereocenters. The van der Waals surface area contributed by atoms with Gasteiger partial charge in [-0.15, -0.1) is 5.92 Å². The van der Waals surface area contributed by atoms with Crippen LogP contribution in [0.2, 0.25) is 0 Å². The molecule has 0 aromatic heterocycles. The largest absolute Gasteiger partial charge is 0.497 e. The Bertz CT molecular complexity index is 745. The molecule has 2 aromatic carbocycles. The predicted molar refractivity (Wildman–Crippen MR) is 107 cm³/mol. The van der Waals surface area contributed by atoms with Crippen LogP contribution in [0.4, 0.5) is 4.79 Å². The summed E-state index contributed by atoms with van der Waals surface area (Å²) in [6.45, 7) is 2.39. The van der Waals surface area contributed by atoms with Crippen LogP contribution in [0.1, 0.15) is 49.8 Å². The fourth-order valence-electron chi connectivity index (χ4n) is 2.52. The van der Waals surface area contributed by atoms with E-state index in [1.807, 2.05) is 54.6 Å². The molecule has 1 N–H and O–H groups in total. The van der Waals surface area contributed by atoms with Crippen molar-refractivity contribution in [2.24, 2.45) is 0 Å². The summed E-state index contributed by atoms with van der Waals surface area (Å²) >= 11 is 0. The number of alkyl carbamates (subject to hydrolysis) is 1. The minimum atomic E-state index is -0.484. The first-order chi connectivity index (χ1) is 13.2. The van der Waals surface area contributed by atoms with Gasteiger partial charge in [0.15, 0.2) is 0 Å². The van der Waals surface area contributed by atoms with Crippen molar-refractivity contribution < 1.29 is 14.3 Å². The number of amides is 1. The second-order valence-corrected chi connectivity index (χ2v) is 6.19. The molecule has 1 amide bonds. The number of ether oxygens (including phenoxy) is 2. The van der Waals surface area contributed by atoms with Gasteiger partial charge in [-0.1, -0.05) is 68.2 Å². The summed E-state index contributed by atoms with van der Waals surface area (Å²) in [6.07, 6.45) is 3.73. The third kappa shape index (κ3) is 7.45. The van der Waals surface area contributed by atoms with Crippen LogP contribution in [0.3, 0.4) is 0 Å². The lowest BCUT2D eigenvalue weighted by Crippen LogP contribution is -2.28. The van der Waals surface area contributed by atoms with Gasteiger partial charge in [-0.05, 0) is 29.7 Å². The molecule has 0 aliphatic carbocycles. The van der Waals surface area contributed by atoms with E-state index in [2.05, 4.69) is 24.1 Å². The molecule has 0 saturated heterocycles. The van der Waals surface area contributed by atoms with Crippen molar-refractivity contribution >= 4 is 6.09 Å². The van der Waals surface area contributed by atoms with Crippen molar-refractivity contribution in [2.45, 2.75) is 45.3 Å². The molecule has 27 heavy (non-hydrogen) atoms. The molecule has 0 bridgehead atoms. The van der Waals surface area contributed by atoms with Gasteiger partial charge in [0, 0.05) is 6.42 Å². The second-order valence-electron chi connectivity index (χ2n) is 6.19. The fourth-order valence-corrected chi connectivity index (χ4v) is 2.52. The Labute approximate surface area is 161 Å². The van der Waals surface area contributed by atoms with Crippen LogP contribution in [0.25, 0.3) is 0 Å². The molecule has 0 aliphatic rings. The maximum Gasteiger partial charge on any atom is 0.408 e. The van der Waals surface area contributed by atoms with Crippen LogP contribution in [-0.2, 0) is 11.3 Å². The molecule has 0 aliphatic heterocycles. The number of carbonyl (C=O) groups excluding carboxylic acids is 1. The van der Waals surface area contributed by atoms with Crippen molar-refractivity contribution in [1.82, 2.24) is 5.32 Å². The van der Waals surface area contributed by atoms with E-state index in [9.17, 15) is 4.79 Å². The van der Waals surface area contributed by atoms with Gasteiger partial charge >= 0.3 is 6.09 Å². The van der Waals surface area contributed by atoms with Gasteiger partial charge in [-0.3, -0.25) is 0 Å². The zero-order chi connectivity index (χ0) is 19.3. The standard InChI is InChI=1S/C23H27NO3/c1-3-4-5-6-10-13-22(20-14-16-21(26-2)17-15-20)24-23(25)27-18-19-11-8-7-9-12-19/h7-9,11-12,14-17,22H,3-6,18H2,1-2H3,(H,24,25). The van der Waals surface area contributed by atoms with E-state index in [0.717, 1.165) is 42.6 Å². The minimum absolute atomic E-state index is 0.228. The van der Waals surface area contributed by atoms with Crippen LogP contribution in [0.15, 0.2) is 54.6 Å². The highest BCUT2D eigenvalue weighted by atomic mass is 16.5. The normalized spacial score (nSPS) is 11.0. The van der Waals surface area contributed by atoms with Gasteiger partial charge in [-0.2, -0.15) is 0 Å². The number of hydrogen-bond acceptors (Lipinski definition) is 3. The average molecular weight is 365 g/mol. The molecule has 0 fully saturated rings. The smallest absolute Gasteiger partial charge is 0.408 e. The Hall–Kier alpha value is -2.93. The summed E-state index contributed by atoms with van der Waals surface area (Å²) < 4.78 is 10.5. The van der Waals surface area contributed by atoms with Gasteiger partial charge in [-0.25, -0.2) is 4.79 Å². The maximum atomic E-state index is 12.2. The highest BCUT2D eigenvalue weighted by Crippen LogP contribution is 2.18. The van der Waals surface area contributed by atoms with Crippen LogP contribution < -0.4 is 10.1 Å². The Kier molecular flexibility index (Phi) is 8.79. The first-order valence-electron chi connectivity index (χ1n) is 9.32. The topological polar surface area (TPSA) is 47.6 Å². The summed E-state index contributed by atoms with van der Waals surface area (Å²) in [4.78, 5) is 12.2. The molecular formula is C23H27NO3. The van der Waals surface area contributed by atoms with Crippen molar-refractivity contribution in [1.29, 1.82) is 0 Å². The quantitative estimate of drug-likeness (QED) is 0.514. The van der Waals surface area contributed by atoms with E-state index in [1.165, 1.54) is 0 Å². The van der Waals surface area contributed by atoms with Crippen molar-refractivity contribution in [3.05, 3.63) is 65.7 Å². The van der Waals surface area contributed by atoms with E-state index in [0.29, 0.717) is 0 Å². The number of rotatable bonds is 8. The van der Waals surface area contributed by atoms with Crippen LogP contribution >= 0.6 is 0 Å².